The number of nitrogens with zero attached hydrogens (tertiary/aromatic N) is 1. The quantitative estimate of drug-likeness (QED) is 0.825. The second kappa shape index (κ2) is 5.74. The summed E-state index contributed by atoms with van der Waals surface area (Å²) in [6.07, 6.45) is 6.37. The molecular formula is C17H25NO2. The summed E-state index contributed by atoms with van der Waals surface area (Å²) in [5, 5.41) is 0. The molecule has 0 amide bonds. The summed E-state index contributed by atoms with van der Waals surface area (Å²) in [5.74, 6) is 1.41. The Labute approximate surface area is 121 Å². The minimum absolute atomic E-state index is 0.0688. The van der Waals surface area contributed by atoms with E-state index >= 15 is 0 Å². The first-order valence-electron chi connectivity index (χ1n) is 7.70. The Kier molecular flexibility index (Phi) is 3.99. The lowest BCUT2D eigenvalue weighted by Crippen LogP contribution is -2.52. The molecule has 0 radical (unpaired) electrons. The lowest BCUT2D eigenvalue weighted by Gasteiger charge is -2.49. The van der Waals surface area contributed by atoms with Gasteiger partial charge in [-0.15, -0.1) is 0 Å². The molecule has 1 saturated carbocycles. The molecule has 0 N–H and O–H groups in total. The molecule has 1 aliphatic carbocycles. The smallest absolute Gasteiger partial charge is 0.118 e. The molecule has 1 aromatic rings. The van der Waals surface area contributed by atoms with Crippen LogP contribution >= 0.6 is 0 Å². The zero-order valence-corrected chi connectivity index (χ0v) is 12.6. The molecule has 2 fully saturated rings. The van der Waals surface area contributed by atoms with E-state index in [0.29, 0.717) is 5.92 Å². The number of rotatable bonds is 2. The lowest BCUT2D eigenvalue weighted by atomic mass is 9.71. The minimum Gasteiger partial charge on any atom is -0.497 e. The number of hydrogen-bond donors (Lipinski definition) is 0. The second-order valence-corrected chi connectivity index (χ2v) is 6.26. The summed E-state index contributed by atoms with van der Waals surface area (Å²) in [6.45, 7) is 1.86. The Hall–Kier alpha value is -1.06. The van der Waals surface area contributed by atoms with Gasteiger partial charge in [-0.05, 0) is 37.6 Å². The molecular weight excluding hydrogens is 250 g/mol. The third-order valence-electron chi connectivity index (χ3n) is 4.92. The fraction of sp³-hybridized carbons (Fsp3) is 0.647. The Morgan fingerprint density at radius 2 is 1.85 bits per heavy atom. The van der Waals surface area contributed by atoms with Crippen molar-refractivity contribution in [2.45, 2.75) is 43.6 Å². The van der Waals surface area contributed by atoms with Crippen molar-refractivity contribution in [1.82, 2.24) is 4.90 Å². The van der Waals surface area contributed by atoms with Gasteiger partial charge in [-0.1, -0.05) is 31.4 Å². The van der Waals surface area contributed by atoms with E-state index in [1.807, 2.05) is 0 Å². The van der Waals surface area contributed by atoms with E-state index in [-0.39, 0.29) is 5.60 Å². The van der Waals surface area contributed by atoms with Crippen LogP contribution in [-0.4, -0.2) is 37.9 Å². The van der Waals surface area contributed by atoms with Crippen molar-refractivity contribution < 1.29 is 9.47 Å². The average Bonchev–Trinajstić information content (AvgIpc) is 2.51. The van der Waals surface area contributed by atoms with Crippen molar-refractivity contribution in [3.8, 4) is 5.75 Å². The van der Waals surface area contributed by atoms with Crippen molar-refractivity contribution in [3.63, 3.8) is 0 Å². The van der Waals surface area contributed by atoms with Crippen LogP contribution in [0, 0.1) is 0 Å². The zero-order chi connectivity index (χ0) is 14.0. The van der Waals surface area contributed by atoms with Crippen molar-refractivity contribution >= 4 is 0 Å². The van der Waals surface area contributed by atoms with Gasteiger partial charge in [0.2, 0.25) is 0 Å². The number of benzene rings is 1. The molecule has 20 heavy (non-hydrogen) atoms. The van der Waals surface area contributed by atoms with E-state index in [4.69, 9.17) is 9.47 Å². The third kappa shape index (κ3) is 2.57. The molecule has 1 spiro atoms. The van der Waals surface area contributed by atoms with Gasteiger partial charge in [-0.25, -0.2) is 0 Å². The van der Waals surface area contributed by atoms with Gasteiger partial charge in [0.25, 0.3) is 0 Å². The first-order valence-corrected chi connectivity index (χ1v) is 7.70. The maximum absolute atomic E-state index is 6.34. The Bertz CT molecular complexity index is 437. The van der Waals surface area contributed by atoms with Gasteiger partial charge in [0.1, 0.15) is 5.75 Å². The Morgan fingerprint density at radius 3 is 2.50 bits per heavy atom. The molecule has 0 unspecified atom stereocenters. The van der Waals surface area contributed by atoms with Gasteiger partial charge in [0.05, 0.1) is 19.4 Å². The monoisotopic (exact) mass is 275 g/mol. The second-order valence-electron chi connectivity index (χ2n) is 6.26. The highest BCUT2D eigenvalue weighted by atomic mass is 16.5. The predicted molar refractivity (Wildman–Crippen MR) is 80.1 cm³/mol. The number of ether oxygens (including phenoxy) is 2. The van der Waals surface area contributed by atoms with Crippen LogP contribution in [0.5, 0.6) is 5.75 Å². The number of hydrogen-bond acceptors (Lipinski definition) is 3. The van der Waals surface area contributed by atoms with Crippen LogP contribution in [-0.2, 0) is 4.74 Å². The molecule has 1 aliphatic heterocycles. The number of methoxy groups -OCH3 is 1. The predicted octanol–water partition coefficient (Wildman–Crippen LogP) is 3.40. The van der Waals surface area contributed by atoms with E-state index in [1.165, 1.54) is 37.7 Å². The van der Waals surface area contributed by atoms with E-state index in [2.05, 4.69) is 36.2 Å². The van der Waals surface area contributed by atoms with E-state index < -0.39 is 0 Å². The zero-order valence-electron chi connectivity index (χ0n) is 12.6. The summed E-state index contributed by atoms with van der Waals surface area (Å²) < 4.78 is 11.6. The SMILES string of the molecule is COc1ccc([C@H]2CN(C)COC23CCCCC3)cc1. The van der Waals surface area contributed by atoms with E-state index in [1.54, 1.807) is 7.11 Å². The van der Waals surface area contributed by atoms with Gasteiger partial charge in [-0.2, -0.15) is 0 Å². The largest absolute Gasteiger partial charge is 0.497 e. The fourth-order valence-electron chi connectivity index (χ4n) is 3.76. The van der Waals surface area contributed by atoms with Crippen molar-refractivity contribution in [1.29, 1.82) is 0 Å². The minimum atomic E-state index is 0.0688. The molecule has 3 heteroatoms. The van der Waals surface area contributed by atoms with Gasteiger partial charge in [-0.3, -0.25) is 4.90 Å². The first-order chi connectivity index (χ1) is 9.73. The van der Waals surface area contributed by atoms with Crippen molar-refractivity contribution in [3.05, 3.63) is 29.8 Å². The normalized spacial score (nSPS) is 26.6. The van der Waals surface area contributed by atoms with Crippen LogP contribution in [0.3, 0.4) is 0 Å². The van der Waals surface area contributed by atoms with Crippen LogP contribution in [0.15, 0.2) is 24.3 Å². The molecule has 0 aromatic heterocycles. The van der Waals surface area contributed by atoms with Crippen LogP contribution in [0.2, 0.25) is 0 Å². The number of likely N-dealkylation sites (N-methyl/N-ethyl adjacent to an activating group) is 1. The maximum Gasteiger partial charge on any atom is 0.118 e. The van der Waals surface area contributed by atoms with Crippen molar-refractivity contribution in [2.75, 3.05) is 27.4 Å². The molecule has 110 valence electrons. The van der Waals surface area contributed by atoms with Gasteiger partial charge in [0.15, 0.2) is 0 Å². The Morgan fingerprint density at radius 1 is 1.15 bits per heavy atom. The summed E-state index contributed by atoms with van der Waals surface area (Å²) in [5.41, 5.74) is 1.46. The standard InChI is InChI=1S/C17H25NO2/c1-18-12-16(14-6-8-15(19-2)9-7-14)17(20-13-18)10-4-3-5-11-17/h6-9,16H,3-5,10-13H2,1-2H3/t16-/m1/s1. The molecule has 1 atom stereocenters. The van der Waals surface area contributed by atoms with Gasteiger partial charge < -0.3 is 9.47 Å². The molecule has 0 bridgehead atoms. The van der Waals surface area contributed by atoms with Gasteiger partial charge in [0, 0.05) is 12.5 Å². The molecule has 3 rings (SSSR count). The van der Waals surface area contributed by atoms with Crippen LogP contribution in [0.4, 0.5) is 0 Å². The topological polar surface area (TPSA) is 21.7 Å². The molecule has 1 aromatic carbocycles. The van der Waals surface area contributed by atoms with Gasteiger partial charge >= 0.3 is 0 Å². The summed E-state index contributed by atoms with van der Waals surface area (Å²) in [6, 6.07) is 8.56. The summed E-state index contributed by atoms with van der Waals surface area (Å²) in [4.78, 5) is 2.29. The summed E-state index contributed by atoms with van der Waals surface area (Å²) in [7, 11) is 3.86. The highest BCUT2D eigenvalue weighted by Crippen LogP contribution is 2.45. The Balaban J connectivity index is 1.88. The summed E-state index contributed by atoms with van der Waals surface area (Å²) >= 11 is 0. The van der Waals surface area contributed by atoms with Crippen molar-refractivity contribution in [2.24, 2.45) is 0 Å². The van der Waals surface area contributed by atoms with E-state index in [9.17, 15) is 0 Å². The third-order valence-corrected chi connectivity index (χ3v) is 4.92. The highest BCUT2D eigenvalue weighted by molar-refractivity contribution is 5.32. The van der Waals surface area contributed by atoms with Crippen LogP contribution in [0.25, 0.3) is 0 Å². The highest BCUT2D eigenvalue weighted by Gasteiger charge is 2.44. The van der Waals surface area contributed by atoms with E-state index in [0.717, 1.165) is 19.0 Å². The molecule has 3 nitrogen and oxygen atoms in total. The average molecular weight is 275 g/mol. The first kappa shape index (κ1) is 13.9. The lowest BCUT2D eigenvalue weighted by molar-refractivity contribution is -0.161. The maximum atomic E-state index is 6.34. The molecule has 2 aliphatic rings. The van der Waals surface area contributed by atoms with Crippen LogP contribution in [0.1, 0.15) is 43.6 Å². The molecule has 1 heterocycles. The fourth-order valence-corrected chi connectivity index (χ4v) is 3.76. The molecule has 1 saturated heterocycles. The van der Waals surface area contributed by atoms with Crippen LogP contribution < -0.4 is 4.74 Å².